The zero-order chi connectivity index (χ0) is 15.1. The van der Waals surface area contributed by atoms with Crippen molar-refractivity contribution in [3.8, 4) is 5.75 Å². The monoisotopic (exact) mass is 292 g/mol. The number of aryl methyl sites for hydroxylation is 1. The highest BCUT2D eigenvalue weighted by Crippen LogP contribution is 2.17. The first-order valence-electron chi connectivity index (χ1n) is 7.55. The van der Waals surface area contributed by atoms with E-state index in [0.717, 1.165) is 51.3 Å². The molecule has 1 aliphatic heterocycles. The molecule has 1 amide bonds. The molecule has 5 nitrogen and oxygen atoms in total. The van der Waals surface area contributed by atoms with Crippen molar-refractivity contribution in [2.75, 3.05) is 39.4 Å². The second-order valence-electron chi connectivity index (χ2n) is 5.44. The van der Waals surface area contributed by atoms with Gasteiger partial charge >= 0.3 is 0 Å². The fourth-order valence-electron chi connectivity index (χ4n) is 2.41. The van der Waals surface area contributed by atoms with Crippen LogP contribution in [-0.2, 0) is 4.74 Å². The summed E-state index contributed by atoms with van der Waals surface area (Å²) >= 11 is 0. The lowest BCUT2D eigenvalue weighted by atomic mass is 10.1. The summed E-state index contributed by atoms with van der Waals surface area (Å²) < 4.78 is 5.31. The van der Waals surface area contributed by atoms with Crippen molar-refractivity contribution >= 4 is 5.91 Å². The average molecular weight is 292 g/mol. The number of nitrogens with zero attached hydrogens (tertiary/aromatic N) is 1. The Morgan fingerprint density at radius 1 is 1.33 bits per heavy atom. The highest BCUT2D eigenvalue weighted by atomic mass is 16.5. The van der Waals surface area contributed by atoms with Gasteiger partial charge in [-0.05, 0) is 38.4 Å². The zero-order valence-corrected chi connectivity index (χ0v) is 12.6. The Morgan fingerprint density at radius 3 is 2.86 bits per heavy atom. The SMILES string of the molecule is Cc1ccc(O)c(C(=O)NCCCCN2CCOCC2)c1. The minimum atomic E-state index is -0.206. The Kier molecular flexibility index (Phi) is 6.02. The summed E-state index contributed by atoms with van der Waals surface area (Å²) in [6.45, 7) is 7.24. The molecule has 1 aliphatic rings. The molecule has 0 aliphatic carbocycles. The second-order valence-corrected chi connectivity index (χ2v) is 5.44. The van der Waals surface area contributed by atoms with Crippen LogP contribution in [-0.4, -0.2) is 55.3 Å². The van der Waals surface area contributed by atoms with E-state index in [1.807, 2.05) is 6.92 Å². The third kappa shape index (κ3) is 5.02. The van der Waals surface area contributed by atoms with E-state index in [9.17, 15) is 9.90 Å². The van der Waals surface area contributed by atoms with Crippen molar-refractivity contribution in [1.82, 2.24) is 10.2 Å². The van der Waals surface area contributed by atoms with Crippen LogP contribution in [0.5, 0.6) is 5.75 Å². The average Bonchev–Trinajstić information content (AvgIpc) is 2.50. The summed E-state index contributed by atoms with van der Waals surface area (Å²) in [4.78, 5) is 14.4. The Labute approximate surface area is 125 Å². The Bertz CT molecular complexity index is 471. The number of phenols is 1. The number of rotatable bonds is 6. The molecule has 0 atom stereocenters. The Balaban J connectivity index is 1.66. The number of aromatic hydroxyl groups is 1. The van der Waals surface area contributed by atoms with Crippen LogP contribution in [0.1, 0.15) is 28.8 Å². The number of morpholine rings is 1. The van der Waals surface area contributed by atoms with Crippen LogP contribution in [0, 0.1) is 6.92 Å². The Hall–Kier alpha value is -1.59. The molecule has 1 saturated heterocycles. The van der Waals surface area contributed by atoms with Gasteiger partial charge < -0.3 is 15.2 Å². The summed E-state index contributed by atoms with van der Waals surface area (Å²) in [5, 5.41) is 12.6. The number of ether oxygens (including phenoxy) is 1. The lowest BCUT2D eigenvalue weighted by molar-refractivity contribution is 0.0372. The first kappa shape index (κ1) is 15.8. The summed E-state index contributed by atoms with van der Waals surface area (Å²) in [6.07, 6.45) is 2.00. The van der Waals surface area contributed by atoms with Crippen LogP contribution in [0.3, 0.4) is 0 Å². The van der Waals surface area contributed by atoms with Crippen molar-refractivity contribution in [3.05, 3.63) is 29.3 Å². The normalized spacial score (nSPS) is 15.9. The number of nitrogens with one attached hydrogen (secondary N) is 1. The number of hydrogen-bond donors (Lipinski definition) is 2. The second kappa shape index (κ2) is 8.00. The van der Waals surface area contributed by atoms with Gasteiger partial charge in [-0.15, -0.1) is 0 Å². The molecule has 0 spiro atoms. The molecule has 116 valence electrons. The van der Waals surface area contributed by atoms with E-state index in [-0.39, 0.29) is 11.7 Å². The van der Waals surface area contributed by atoms with E-state index in [2.05, 4.69) is 10.2 Å². The third-order valence-electron chi connectivity index (χ3n) is 3.69. The number of hydrogen-bond acceptors (Lipinski definition) is 4. The van der Waals surface area contributed by atoms with Crippen LogP contribution in [0.15, 0.2) is 18.2 Å². The molecule has 21 heavy (non-hydrogen) atoms. The van der Waals surface area contributed by atoms with Crippen molar-refractivity contribution in [2.45, 2.75) is 19.8 Å². The number of benzene rings is 1. The number of unbranched alkanes of at least 4 members (excludes halogenated alkanes) is 1. The lowest BCUT2D eigenvalue weighted by Gasteiger charge is -2.26. The van der Waals surface area contributed by atoms with Gasteiger partial charge in [-0.25, -0.2) is 0 Å². The largest absolute Gasteiger partial charge is 0.507 e. The summed E-state index contributed by atoms with van der Waals surface area (Å²) in [5.74, 6) is -0.172. The predicted octanol–water partition coefficient (Wildman–Crippen LogP) is 1.54. The van der Waals surface area contributed by atoms with Crippen LogP contribution in [0.2, 0.25) is 0 Å². The molecule has 0 bridgehead atoms. The summed E-state index contributed by atoms with van der Waals surface area (Å²) in [7, 11) is 0. The van der Waals surface area contributed by atoms with Crippen molar-refractivity contribution in [1.29, 1.82) is 0 Å². The van der Waals surface area contributed by atoms with E-state index in [1.165, 1.54) is 0 Å². The molecule has 1 aromatic rings. The number of carbonyl (C=O) groups excluding carboxylic acids is 1. The number of carbonyl (C=O) groups is 1. The molecule has 1 aromatic carbocycles. The highest BCUT2D eigenvalue weighted by Gasteiger charge is 2.11. The fourth-order valence-corrected chi connectivity index (χ4v) is 2.41. The molecule has 1 fully saturated rings. The van der Waals surface area contributed by atoms with Gasteiger partial charge in [0.25, 0.3) is 5.91 Å². The minimum absolute atomic E-state index is 0.0337. The van der Waals surface area contributed by atoms with Gasteiger partial charge in [0.05, 0.1) is 18.8 Å². The van der Waals surface area contributed by atoms with E-state index in [0.29, 0.717) is 12.1 Å². The minimum Gasteiger partial charge on any atom is -0.507 e. The topological polar surface area (TPSA) is 61.8 Å². The number of phenolic OH excluding ortho intramolecular Hbond substituents is 1. The summed E-state index contributed by atoms with van der Waals surface area (Å²) in [5.41, 5.74) is 1.31. The van der Waals surface area contributed by atoms with Gasteiger partial charge in [0, 0.05) is 19.6 Å². The van der Waals surface area contributed by atoms with E-state index >= 15 is 0 Å². The zero-order valence-electron chi connectivity index (χ0n) is 12.6. The van der Waals surface area contributed by atoms with E-state index < -0.39 is 0 Å². The molecule has 0 saturated carbocycles. The van der Waals surface area contributed by atoms with Gasteiger partial charge in [-0.3, -0.25) is 9.69 Å². The summed E-state index contributed by atoms with van der Waals surface area (Å²) in [6, 6.07) is 5.05. The quantitative estimate of drug-likeness (QED) is 0.781. The van der Waals surface area contributed by atoms with Crippen molar-refractivity contribution in [2.24, 2.45) is 0 Å². The van der Waals surface area contributed by atoms with Crippen LogP contribution in [0.4, 0.5) is 0 Å². The van der Waals surface area contributed by atoms with Gasteiger partial charge in [0.1, 0.15) is 5.75 Å². The molecule has 5 heteroatoms. The molecule has 2 N–H and O–H groups in total. The molecular weight excluding hydrogens is 268 g/mol. The first-order valence-corrected chi connectivity index (χ1v) is 7.55. The number of amides is 1. The molecule has 1 heterocycles. The van der Waals surface area contributed by atoms with Crippen molar-refractivity contribution < 1.29 is 14.6 Å². The van der Waals surface area contributed by atoms with E-state index in [4.69, 9.17) is 4.74 Å². The molecular formula is C16H24N2O3. The lowest BCUT2D eigenvalue weighted by Crippen LogP contribution is -2.37. The van der Waals surface area contributed by atoms with Crippen LogP contribution in [0.25, 0.3) is 0 Å². The highest BCUT2D eigenvalue weighted by molar-refractivity contribution is 5.96. The van der Waals surface area contributed by atoms with Gasteiger partial charge in [0.2, 0.25) is 0 Å². The maximum absolute atomic E-state index is 12.0. The van der Waals surface area contributed by atoms with Gasteiger partial charge in [-0.2, -0.15) is 0 Å². The maximum Gasteiger partial charge on any atom is 0.255 e. The smallest absolute Gasteiger partial charge is 0.255 e. The van der Waals surface area contributed by atoms with Crippen molar-refractivity contribution in [3.63, 3.8) is 0 Å². The molecule has 0 aromatic heterocycles. The van der Waals surface area contributed by atoms with Gasteiger partial charge in [0.15, 0.2) is 0 Å². The van der Waals surface area contributed by atoms with E-state index in [1.54, 1.807) is 18.2 Å². The first-order chi connectivity index (χ1) is 10.2. The van der Waals surface area contributed by atoms with Gasteiger partial charge in [-0.1, -0.05) is 11.6 Å². The predicted molar refractivity (Wildman–Crippen MR) is 81.7 cm³/mol. The molecule has 0 radical (unpaired) electrons. The molecule has 2 rings (SSSR count). The van der Waals surface area contributed by atoms with Crippen LogP contribution < -0.4 is 5.32 Å². The molecule has 0 unspecified atom stereocenters. The maximum atomic E-state index is 12.0. The third-order valence-corrected chi connectivity index (χ3v) is 3.69. The fraction of sp³-hybridized carbons (Fsp3) is 0.562. The van der Waals surface area contributed by atoms with Crippen LogP contribution >= 0.6 is 0 Å². The standard InChI is InChI=1S/C16H24N2O3/c1-13-4-5-15(19)14(12-13)16(20)17-6-2-3-7-18-8-10-21-11-9-18/h4-5,12,19H,2-3,6-11H2,1H3,(H,17,20). The Morgan fingerprint density at radius 2 is 2.10 bits per heavy atom.